The zero-order chi connectivity index (χ0) is 17.4. The van der Waals surface area contributed by atoms with Gasteiger partial charge in [-0.1, -0.05) is 24.6 Å². The second-order valence-electron chi connectivity index (χ2n) is 6.30. The van der Waals surface area contributed by atoms with Crippen LogP contribution in [0.1, 0.15) is 44.5 Å². The molecular weight excluding hydrogens is 318 g/mol. The van der Waals surface area contributed by atoms with Gasteiger partial charge in [-0.05, 0) is 56.0 Å². The Morgan fingerprint density at radius 1 is 1.12 bits per heavy atom. The number of ether oxygens (including phenoxy) is 1. The largest absolute Gasteiger partial charge is 0.464 e. The molecule has 0 N–H and O–H groups in total. The zero-order valence-corrected chi connectivity index (χ0v) is 15.7. The van der Waals surface area contributed by atoms with Gasteiger partial charge in [0.2, 0.25) is 0 Å². The Morgan fingerprint density at radius 3 is 2.38 bits per heavy atom. The molecule has 126 valence electrons. The fourth-order valence-electron chi connectivity index (χ4n) is 3.33. The number of hydrogen-bond acceptors (Lipinski definition) is 3. The van der Waals surface area contributed by atoms with Crippen molar-refractivity contribution in [1.29, 1.82) is 0 Å². The molecule has 0 radical (unpaired) electrons. The lowest BCUT2D eigenvalue weighted by Crippen LogP contribution is -2.12. The molecule has 0 spiro atoms. The van der Waals surface area contributed by atoms with Gasteiger partial charge in [0.05, 0.1) is 17.3 Å². The van der Waals surface area contributed by atoms with Crippen molar-refractivity contribution in [3.05, 3.63) is 57.1 Å². The molecule has 2 aromatic heterocycles. The average molecular weight is 341 g/mol. The van der Waals surface area contributed by atoms with Gasteiger partial charge in [0.1, 0.15) is 5.69 Å². The van der Waals surface area contributed by atoms with Crippen LogP contribution < -0.4 is 0 Å². The van der Waals surface area contributed by atoms with E-state index in [1.165, 1.54) is 34.2 Å². The number of carbonyl (C=O) groups excluding carboxylic acids is 1. The van der Waals surface area contributed by atoms with Crippen LogP contribution in [0.3, 0.4) is 0 Å². The number of fused-ring (bicyclic) bond motifs is 1. The minimum Gasteiger partial charge on any atom is -0.464 e. The van der Waals surface area contributed by atoms with E-state index in [0.29, 0.717) is 12.2 Å². The van der Waals surface area contributed by atoms with Crippen LogP contribution in [0.2, 0.25) is 0 Å². The number of nitrogens with zero attached hydrogens (tertiary/aromatic N) is 1. The maximum atomic E-state index is 12.2. The van der Waals surface area contributed by atoms with Crippen molar-refractivity contribution in [2.24, 2.45) is 0 Å². The third-order valence-corrected chi connectivity index (χ3v) is 5.76. The van der Waals surface area contributed by atoms with E-state index >= 15 is 0 Å². The Morgan fingerprint density at radius 2 is 1.79 bits per heavy atom. The van der Waals surface area contributed by atoms with E-state index < -0.39 is 0 Å². The van der Waals surface area contributed by atoms with E-state index in [0.717, 1.165) is 16.6 Å². The lowest BCUT2D eigenvalue weighted by atomic mass is 10.00. The summed E-state index contributed by atoms with van der Waals surface area (Å²) in [5, 5.41) is 0. The van der Waals surface area contributed by atoms with Crippen LogP contribution in [0.4, 0.5) is 0 Å². The molecule has 0 bridgehead atoms. The quantitative estimate of drug-likeness (QED) is 0.624. The van der Waals surface area contributed by atoms with E-state index in [4.69, 9.17) is 4.74 Å². The van der Waals surface area contributed by atoms with Crippen molar-refractivity contribution in [2.75, 3.05) is 7.11 Å². The van der Waals surface area contributed by atoms with Crippen LogP contribution in [0.25, 0.3) is 10.2 Å². The van der Waals surface area contributed by atoms with Crippen LogP contribution >= 0.6 is 11.3 Å². The van der Waals surface area contributed by atoms with Crippen LogP contribution in [0.5, 0.6) is 0 Å². The molecular formula is C20H23NO2S. The molecule has 0 aliphatic heterocycles. The summed E-state index contributed by atoms with van der Waals surface area (Å²) in [4.78, 5) is 13.6. The summed E-state index contributed by atoms with van der Waals surface area (Å²) in [5.74, 6) is -0.279. The molecule has 4 heteroatoms. The summed E-state index contributed by atoms with van der Waals surface area (Å²) >= 11 is 1.75. The maximum absolute atomic E-state index is 12.2. The van der Waals surface area contributed by atoms with Gasteiger partial charge in [0.25, 0.3) is 0 Å². The van der Waals surface area contributed by atoms with Crippen LogP contribution in [-0.4, -0.2) is 17.6 Å². The topological polar surface area (TPSA) is 31.2 Å². The number of thiophene rings is 1. The Kier molecular flexibility index (Phi) is 4.50. The van der Waals surface area contributed by atoms with Gasteiger partial charge in [-0.2, -0.15) is 0 Å². The van der Waals surface area contributed by atoms with Crippen molar-refractivity contribution < 1.29 is 9.53 Å². The predicted octanol–water partition coefficient (Wildman–Crippen LogP) is 5.03. The highest BCUT2D eigenvalue weighted by Crippen LogP contribution is 2.31. The average Bonchev–Trinajstić information content (AvgIpc) is 3.08. The van der Waals surface area contributed by atoms with Crippen LogP contribution in [0.15, 0.2) is 24.3 Å². The van der Waals surface area contributed by atoms with E-state index in [-0.39, 0.29) is 5.97 Å². The third kappa shape index (κ3) is 2.86. The summed E-state index contributed by atoms with van der Waals surface area (Å²) < 4.78 is 8.24. The first-order chi connectivity index (χ1) is 11.4. The van der Waals surface area contributed by atoms with Crippen LogP contribution in [0, 0.1) is 20.8 Å². The van der Waals surface area contributed by atoms with Gasteiger partial charge in [-0.15, -0.1) is 11.3 Å². The van der Waals surface area contributed by atoms with E-state index in [1.54, 1.807) is 11.3 Å². The van der Waals surface area contributed by atoms with E-state index in [1.807, 2.05) is 6.07 Å². The highest BCUT2D eigenvalue weighted by molar-refractivity contribution is 7.19. The minimum absolute atomic E-state index is 0.279. The fourth-order valence-corrected chi connectivity index (χ4v) is 4.37. The van der Waals surface area contributed by atoms with Crippen molar-refractivity contribution in [2.45, 2.75) is 40.7 Å². The number of methoxy groups -OCH3 is 1. The highest BCUT2D eigenvalue weighted by atomic mass is 32.1. The summed E-state index contributed by atoms with van der Waals surface area (Å²) in [6.07, 6.45) is 1.01. The van der Waals surface area contributed by atoms with Crippen molar-refractivity contribution in [1.82, 2.24) is 4.57 Å². The molecule has 0 unspecified atom stereocenters. The molecule has 2 heterocycles. The second kappa shape index (κ2) is 6.44. The normalized spacial score (nSPS) is 11.2. The van der Waals surface area contributed by atoms with Gasteiger partial charge in [-0.3, -0.25) is 0 Å². The standard InChI is InChI=1S/C20H23NO2S/c1-6-15-9-17-19(24-15)10-18(20(22)23-5)21(17)11-16-13(3)7-12(2)8-14(16)4/h7-10H,6,11H2,1-5H3. The number of hydrogen-bond donors (Lipinski definition) is 0. The molecule has 0 atom stereocenters. The summed E-state index contributed by atoms with van der Waals surface area (Å²) in [5.41, 5.74) is 6.81. The third-order valence-electron chi connectivity index (χ3n) is 4.54. The van der Waals surface area contributed by atoms with Gasteiger partial charge >= 0.3 is 5.97 Å². The first kappa shape index (κ1) is 16.8. The summed E-state index contributed by atoms with van der Waals surface area (Å²) in [6, 6.07) is 8.56. The van der Waals surface area contributed by atoms with Crippen molar-refractivity contribution >= 4 is 27.5 Å². The maximum Gasteiger partial charge on any atom is 0.354 e. The molecule has 3 nitrogen and oxygen atoms in total. The Labute approximate surface area is 146 Å². The number of aromatic nitrogens is 1. The van der Waals surface area contributed by atoms with Crippen molar-refractivity contribution in [3.8, 4) is 0 Å². The number of esters is 1. The smallest absolute Gasteiger partial charge is 0.354 e. The Hall–Kier alpha value is -2.07. The zero-order valence-electron chi connectivity index (χ0n) is 14.9. The number of benzene rings is 1. The molecule has 0 aliphatic carbocycles. The summed E-state index contributed by atoms with van der Waals surface area (Å²) in [6.45, 7) is 9.23. The number of carbonyl (C=O) groups is 1. The van der Waals surface area contributed by atoms with Gasteiger partial charge in [0.15, 0.2) is 0 Å². The van der Waals surface area contributed by atoms with E-state index in [9.17, 15) is 4.79 Å². The predicted molar refractivity (Wildman–Crippen MR) is 100 cm³/mol. The SMILES string of the molecule is CCc1cc2c(cc(C(=O)OC)n2Cc2c(C)cc(C)cc2C)s1. The molecule has 0 aliphatic rings. The number of aryl methyl sites for hydroxylation is 4. The first-order valence-electron chi connectivity index (χ1n) is 8.21. The van der Waals surface area contributed by atoms with Crippen LogP contribution in [-0.2, 0) is 17.7 Å². The van der Waals surface area contributed by atoms with Gasteiger partial charge in [-0.25, -0.2) is 4.79 Å². The van der Waals surface area contributed by atoms with Gasteiger partial charge in [0, 0.05) is 11.4 Å². The number of rotatable bonds is 4. The first-order valence-corrected chi connectivity index (χ1v) is 9.03. The lowest BCUT2D eigenvalue weighted by Gasteiger charge is -2.15. The lowest BCUT2D eigenvalue weighted by molar-refractivity contribution is 0.0589. The molecule has 0 fully saturated rings. The molecule has 0 saturated heterocycles. The Balaban J connectivity index is 2.16. The highest BCUT2D eigenvalue weighted by Gasteiger charge is 2.19. The molecule has 3 aromatic rings. The molecule has 24 heavy (non-hydrogen) atoms. The molecule has 3 rings (SSSR count). The summed E-state index contributed by atoms with van der Waals surface area (Å²) in [7, 11) is 1.44. The fraction of sp³-hybridized carbons (Fsp3) is 0.350. The molecule has 0 amide bonds. The van der Waals surface area contributed by atoms with Gasteiger partial charge < -0.3 is 9.30 Å². The second-order valence-corrected chi connectivity index (χ2v) is 7.47. The monoisotopic (exact) mass is 341 g/mol. The molecule has 0 saturated carbocycles. The molecule has 1 aromatic carbocycles. The minimum atomic E-state index is -0.279. The Bertz CT molecular complexity index is 894. The van der Waals surface area contributed by atoms with E-state index in [2.05, 4.69) is 50.5 Å². The van der Waals surface area contributed by atoms with Crippen molar-refractivity contribution in [3.63, 3.8) is 0 Å².